The van der Waals surface area contributed by atoms with Crippen LogP contribution in [0, 0.1) is 0 Å². The fraction of sp³-hybridized carbons (Fsp3) is 0.286. The van der Waals surface area contributed by atoms with E-state index in [2.05, 4.69) is 9.97 Å². The number of fused-ring (bicyclic) bond motifs is 1. The average Bonchev–Trinajstić information content (AvgIpc) is 2.76. The van der Waals surface area contributed by atoms with E-state index < -0.39 is 23.3 Å². The Kier molecular flexibility index (Phi) is 3.47. The molecular weight excluding hydrogens is 322 g/mol. The van der Waals surface area contributed by atoms with Gasteiger partial charge in [0.25, 0.3) is 0 Å². The Balaban J connectivity index is 2.28. The summed E-state index contributed by atoms with van der Waals surface area (Å²) in [5.74, 6) is 0.0656. The van der Waals surface area contributed by atoms with E-state index in [-0.39, 0.29) is 16.7 Å². The molecule has 0 saturated heterocycles. The van der Waals surface area contributed by atoms with Crippen LogP contribution in [0.3, 0.4) is 0 Å². The molecule has 0 radical (unpaired) electrons. The molecule has 116 valence electrons. The Morgan fingerprint density at radius 2 is 2.00 bits per heavy atom. The van der Waals surface area contributed by atoms with Gasteiger partial charge in [-0.3, -0.25) is 4.98 Å². The van der Waals surface area contributed by atoms with Crippen molar-refractivity contribution < 1.29 is 17.6 Å². The molecule has 8 heteroatoms. The maximum absolute atomic E-state index is 13.6. The van der Waals surface area contributed by atoms with Crippen molar-refractivity contribution in [3.8, 4) is 11.4 Å². The molecule has 1 aliphatic rings. The largest absolute Gasteiger partial charge is 0.417 e. The van der Waals surface area contributed by atoms with Crippen molar-refractivity contribution in [1.82, 2.24) is 14.5 Å². The predicted molar refractivity (Wildman–Crippen MR) is 74.2 cm³/mol. The van der Waals surface area contributed by atoms with Crippen LogP contribution in [0.4, 0.5) is 17.6 Å². The van der Waals surface area contributed by atoms with Crippen LogP contribution in [0.5, 0.6) is 0 Å². The first kappa shape index (κ1) is 15.0. The number of nitrogens with zero attached hydrogens (tertiary/aromatic N) is 3. The van der Waals surface area contributed by atoms with E-state index in [1.807, 2.05) is 0 Å². The fourth-order valence-electron chi connectivity index (χ4n) is 2.40. The molecule has 2 aromatic rings. The molecule has 2 atom stereocenters. The van der Waals surface area contributed by atoms with Crippen molar-refractivity contribution >= 4 is 23.8 Å². The van der Waals surface area contributed by atoms with E-state index in [4.69, 9.17) is 11.6 Å². The molecule has 2 aromatic heterocycles. The summed E-state index contributed by atoms with van der Waals surface area (Å²) in [7, 11) is 1.56. The lowest BCUT2D eigenvalue weighted by Crippen LogP contribution is -2.37. The van der Waals surface area contributed by atoms with Gasteiger partial charge in [0.1, 0.15) is 12.0 Å². The van der Waals surface area contributed by atoms with Gasteiger partial charge in [0.15, 0.2) is 0 Å². The van der Waals surface area contributed by atoms with Crippen LogP contribution >= 0.6 is 11.6 Å². The Labute approximate surface area is 127 Å². The normalized spacial score (nSPS) is 21.0. The van der Waals surface area contributed by atoms with Gasteiger partial charge in [0.2, 0.25) is 0 Å². The summed E-state index contributed by atoms with van der Waals surface area (Å²) in [6.07, 6.45) is -1.13. The number of alkyl halides is 5. The van der Waals surface area contributed by atoms with Crippen LogP contribution in [-0.4, -0.2) is 26.1 Å². The molecule has 0 N–H and O–H groups in total. The summed E-state index contributed by atoms with van der Waals surface area (Å²) in [4.78, 5) is 7.86. The molecule has 0 bridgehead atoms. The fourth-order valence-corrected chi connectivity index (χ4v) is 2.59. The van der Waals surface area contributed by atoms with Crippen molar-refractivity contribution in [3.63, 3.8) is 0 Å². The van der Waals surface area contributed by atoms with Crippen LogP contribution in [0.1, 0.15) is 5.56 Å². The Hall–Kier alpha value is -1.89. The molecule has 0 aromatic carbocycles. The minimum absolute atomic E-state index is 0.0656. The second-order valence-corrected chi connectivity index (χ2v) is 5.41. The minimum Gasteiger partial charge on any atom is -0.327 e. The van der Waals surface area contributed by atoms with Crippen molar-refractivity contribution in [1.29, 1.82) is 0 Å². The molecule has 0 spiro atoms. The van der Waals surface area contributed by atoms with Crippen molar-refractivity contribution in [3.05, 3.63) is 34.7 Å². The first-order chi connectivity index (χ1) is 10.3. The van der Waals surface area contributed by atoms with E-state index in [0.717, 1.165) is 18.5 Å². The van der Waals surface area contributed by atoms with Gasteiger partial charge in [0, 0.05) is 25.0 Å². The zero-order chi connectivity index (χ0) is 16.1. The lowest BCUT2D eigenvalue weighted by Gasteiger charge is -2.12. The lowest BCUT2D eigenvalue weighted by atomic mass is 10.1. The van der Waals surface area contributed by atoms with Crippen molar-refractivity contribution in [2.75, 3.05) is 0 Å². The van der Waals surface area contributed by atoms with Gasteiger partial charge in [-0.15, -0.1) is 11.6 Å². The number of pyridine rings is 1. The number of aromatic nitrogens is 3. The van der Waals surface area contributed by atoms with Crippen LogP contribution in [0.25, 0.3) is 23.5 Å². The summed E-state index contributed by atoms with van der Waals surface area (Å²) in [6, 6.07) is 0.888. The molecule has 3 nitrogen and oxygen atoms in total. The van der Waals surface area contributed by atoms with Gasteiger partial charge in [-0.2, -0.15) is 13.2 Å². The third kappa shape index (κ3) is 2.39. The Morgan fingerprint density at radius 1 is 1.27 bits per heavy atom. The number of imidazole rings is 1. The van der Waals surface area contributed by atoms with Gasteiger partial charge < -0.3 is 4.57 Å². The molecule has 22 heavy (non-hydrogen) atoms. The second-order valence-electron chi connectivity index (χ2n) is 4.91. The van der Waals surface area contributed by atoms with Gasteiger partial charge >= 0.3 is 6.18 Å². The highest BCUT2D eigenvalue weighted by atomic mass is 35.5. The lowest BCUT2D eigenvalue weighted by molar-refractivity contribution is -0.137. The smallest absolute Gasteiger partial charge is 0.327 e. The first-order valence-electron chi connectivity index (χ1n) is 6.35. The summed E-state index contributed by atoms with van der Waals surface area (Å²) >= 11 is 5.83. The summed E-state index contributed by atoms with van der Waals surface area (Å²) in [5.41, 5.74) is -0.998. The predicted octanol–water partition coefficient (Wildman–Crippen LogP) is 2.02. The van der Waals surface area contributed by atoms with E-state index in [0.29, 0.717) is 5.35 Å². The highest BCUT2D eigenvalue weighted by Crippen LogP contribution is 2.35. The molecule has 3 rings (SSSR count). The number of rotatable bonds is 1. The average molecular weight is 332 g/mol. The number of hydrogen-bond donors (Lipinski definition) is 0. The van der Waals surface area contributed by atoms with E-state index in [1.54, 1.807) is 7.05 Å². The monoisotopic (exact) mass is 331 g/mol. The van der Waals surface area contributed by atoms with E-state index >= 15 is 0 Å². The number of hydrogen-bond acceptors (Lipinski definition) is 2. The Bertz CT molecular complexity index is 841. The summed E-state index contributed by atoms with van der Waals surface area (Å²) in [6.45, 7) is 0. The van der Waals surface area contributed by atoms with Crippen molar-refractivity contribution in [2.45, 2.75) is 17.7 Å². The highest BCUT2D eigenvalue weighted by Gasteiger charge is 2.35. The third-order valence-electron chi connectivity index (χ3n) is 3.47. The zero-order valence-electron chi connectivity index (χ0n) is 11.3. The third-order valence-corrected chi connectivity index (χ3v) is 3.84. The molecular formula is C14H10ClF4N3. The van der Waals surface area contributed by atoms with Crippen LogP contribution < -0.4 is 10.7 Å². The minimum atomic E-state index is -4.53. The van der Waals surface area contributed by atoms with E-state index in [1.165, 1.54) is 16.7 Å². The molecule has 0 aliphatic heterocycles. The maximum atomic E-state index is 13.6. The first-order valence-corrected chi connectivity index (χ1v) is 6.79. The van der Waals surface area contributed by atoms with Crippen molar-refractivity contribution in [2.24, 2.45) is 7.05 Å². The SMILES string of the molecule is Cn1c(-c2cnccc2C(F)(F)F)nc2c1=CC(Cl)C(F)C=2. The zero-order valence-corrected chi connectivity index (χ0v) is 12.0. The van der Waals surface area contributed by atoms with Crippen LogP contribution in [0.2, 0.25) is 0 Å². The van der Waals surface area contributed by atoms with Crippen LogP contribution in [0.15, 0.2) is 18.5 Å². The Morgan fingerprint density at radius 3 is 2.68 bits per heavy atom. The summed E-state index contributed by atoms with van der Waals surface area (Å²) in [5, 5.41) is -0.105. The molecule has 0 saturated carbocycles. The quantitative estimate of drug-likeness (QED) is 0.591. The second kappa shape index (κ2) is 5.08. The van der Waals surface area contributed by atoms with Crippen LogP contribution in [-0.2, 0) is 13.2 Å². The molecule has 2 unspecified atom stereocenters. The van der Waals surface area contributed by atoms with E-state index in [9.17, 15) is 17.6 Å². The highest BCUT2D eigenvalue weighted by molar-refractivity contribution is 6.24. The summed E-state index contributed by atoms with van der Waals surface area (Å²) < 4.78 is 54.4. The van der Waals surface area contributed by atoms with Gasteiger partial charge in [0.05, 0.1) is 21.6 Å². The standard InChI is InChI=1S/C14H10ClF4N3/c1-22-12-4-9(15)10(16)5-11(12)21-13(22)7-6-20-3-2-8(7)14(17,18)19/h2-6,9-10H,1H3. The maximum Gasteiger partial charge on any atom is 0.417 e. The van der Waals surface area contributed by atoms with Gasteiger partial charge in [-0.1, -0.05) is 0 Å². The van der Waals surface area contributed by atoms with Gasteiger partial charge in [-0.05, 0) is 18.2 Å². The molecule has 2 heterocycles. The molecule has 0 amide bonds. The molecule has 1 aliphatic carbocycles. The number of halogens is 5. The van der Waals surface area contributed by atoms with Gasteiger partial charge in [-0.25, -0.2) is 9.37 Å². The topological polar surface area (TPSA) is 30.7 Å². The molecule has 0 fully saturated rings.